The van der Waals surface area contributed by atoms with E-state index in [9.17, 15) is 0 Å². The maximum atomic E-state index is 17.4. The molecule has 208 valence electrons. The van der Waals surface area contributed by atoms with Crippen LogP contribution < -0.4 is 0 Å². The fourth-order valence-corrected chi connectivity index (χ4v) is 6.31. The lowest BCUT2D eigenvalue weighted by molar-refractivity contribution is 0.350. The number of nitrogens with zero attached hydrogens (tertiary/aromatic N) is 2. The molecule has 1 aromatic heterocycles. The van der Waals surface area contributed by atoms with E-state index in [0.29, 0.717) is 17.1 Å². The fraction of sp³-hybridized carbons (Fsp3) is 0.135. The van der Waals surface area contributed by atoms with Gasteiger partial charge in [0.25, 0.3) is 0 Å². The smallest absolute Gasteiger partial charge is 0.460 e. The van der Waals surface area contributed by atoms with Gasteiger partial charge in [-0.3, -0.25) is 0 Å². The summed E-state index contributed by atoms with van der Waals surface area (Å²) in [5.41, 5.74) is 11.2. The van der Waals surface area contributed by atoms with E-state index in [-0.39, 0.29) is 0 Å². The molecule has 42 heavy (non-hydrogen) atoms. The molecular formula is C37H32BF2N2-. The van der Waals surface area contributed by atoms with Crippen LogP contribution in [-0.4, -0.2) is 16.3 Å². The quantitative estimate of drug-likeness (QED) is 0.201. The summed E-state index contributed by atoms with van der Waals surface area (Å²) < 4.78 is 36.1. The Balaban J connectivity index is 1.51. The van der Waals surface area contributed by atoms with Crippen molar-refractivity contribution >= 4 is 18.6 Å². The molecule has 0 saturated carbocycles. The van der Waals surface area contributed by atoms with Crippen molar-refractivity contribution in [3.05, 3.63) is 154 Å². The molecule has 0 N–H and O–H groups in total. The van der Waals surface area contributed by atoms with Crippen molar-refractivity contribution in [2.45, 2.75) is 33.7 Å². The number of benzene rings is 4. The van der Waals surface area contributed by atoms with Gasteiger partial charge in [0, 0.05) is 28.7 Å². The maximum Gasteiger partial charge on any atom is 0.530 e. The van der Waals surface area contributed by atoms with Crippen LogP contribution in [-0.2, 0) is 0 Å². The molecule has 3 heterocycles. The summed E-state index contributed by atoms with van der Waals surface area (Å²) in [5, 5.41) is 0. The van der Waals surface area contributed by atoms with Crippen molar-refractivity contribution in [3.63, 3.8) is 0 Å². The summed E-state index contributed by atoms with van der Waals surface area (Å²) >= 11 is 0. The summed E-state index contributed by atoms with van der Waals surface area (Å²) in [6, 6.07) is 33.4. The van der Waals surface area contributed by atoms with Crippen molar-refractivity contribution in [1.29, 1.82) is 0 Å². The molecule has 4 aromatic carbocycles. The first-order valence-corrected chi connectivity index (χ1v) is 14.5. The van der Waals surface area contributed by atoms with Gasteiger partial charge in [0.2, 0.25) is 0 Å². The lowest BCUT2D eigenvalue weighted by Crippen LogP contribution is -2.54. The predicted octanol–water partition coefficient (Wildman–Crippen LogP) is 9.77. The van der Waals surface area contributed by atoms with Crippen molar-refractivity contribution in [2.24, 2.45) is 0 Å². The van der Waals surface area contributed by atoms with Gasteiger partial charge in [-0.2, -0.15) is 0 Å². The molecule has 5 aromatic rings. The molecule has 2 aliphatic heterocycles. The van der Waals surface area contributed by atoms with Gasteiger partial charge in [-0.25, -0.2) is 0 Å². The summed E-state index contributed by atoms with van der Waals surface area (Å²) in [5.74, 6) is 0. The molecule has 2 aliphatic rings. The van der Waals surface area contributed by atoms with Crippen molar-refractivity contribution in [3.8, 4) is 22.4 Å². The lowest BCUT2D eigenvalue weighted by Gasteiger charge is -2.48. The van der Waals surface area contributed by atoms with Crippen LogP contribution in [0.1, 0.15) is 45.1 Å². The topological polar surface area (TPSA) is 8.17 Å². The number of allylic oxidation sites excluding steroid dienone is 1. The number of aromatic nitrogens is 1. The number of fused-ring (bicyclic) bond motifs is 2. The Labute approximate surface area is 246 Å². The molecule has 0 saturated heterocycles. The zero-order chi connectivity index (χ0) is 29.2. The Hall–Kier alpha value is -4.64. The number of aryl methyl sites for hydroxylation is 4. The molecule has 2 nitrogen and oxygen atoms in total. The number of hydrogen-bond donors (Lipinski definition) is 0. The highest BCUT2D eigenvalue weighted by atomic mass is 19.2. The van der Waals surface area contributed by atoms with Crippen LogP contribution >= 0.6 is 0 Å². The van der Waals surface area contributed by atoms with E-state index in [4.69, 9.17) is 0 Å². The van der Waals surface area contributed by atoms with Crippen LogP contribution in [0.25, 0.3) is 34.0 Å². The summed E-state index contributed by atoms with van der Waals surface area (Å²) in [4.78, 5) is 1.36. The van der Waals surface area contributed by atoms with Crippen LogP contribution in [0.3, 0.4) is 0 Å². The van der Waals surface area contributed by atoms with E-state index in [0.717, 1.165) is 55.6 Å². The minimum absolute atomic E-state index is 0.521. The number of rotatable bonds is 4. The lowest BCUT2D eigenvalue weighted by atomic mass is 9.84. The minimum Gasteiger partial charge on any atom is -0.460 e. The molecule has 0 fully saturated rings. The zero-order valence-electron chi connectivity index (χ0n) is 24.3. The number of halogens is 2. The molecule has 0 aliphatic carbocycles. The minimum atomic E-state index is -4.23. The molecule has 0 amide bonds. The standard InChI is InChI=1S/C37H32BF2N2/c1-24-5-13-28(14-6-24)32-21-34(30-17-9-26(3)10-18-30)41-36(32)23-37-33(29-15-7-25(2)8-16-29)22-35(42(37)38(41,39)40)31-19-11-27(4)12-20-31/h5-23,34H,1-4H3/q-1. The largest absolute Gasteiger partial charge is 0.530 e. The van der Waals surface area contributed by atoms with Gasteiger partial charge >= 0.3 is 6.97 Å². The van der Waals surface area contributed by atoms with E-state index in [1.807, 2.05) is 143 Å². The summed E-state index contributed by atoms with van der Waals surface area (Å²) in [7, 11) is 0. The molecule has 5 heteroatoms. The molecule has 0 bridgehead atoms. The Bertz CT molecular complexity index is 1860. The van der Waals surface area contributed by atoms with Gasteiger partial charge in [-0.05, 0) is 67.7 Å². The molecule has 1 unspecified atom stereocenters. The van der Waals surface area contributed by atoms with E-state index < -0.39 is 13.0 Å². The van der Waals surface area contributed by atoms with Crippen LogP contribution in [0.5, 0.6) is 0 Å². The van der Waals surface area contributed by atoms with Gasteiger partial charge in [0.05, 0.1) is 0 Å². The third-order valence-corrected chi connectivity index (χ3v) is 8.66. The zero-order valence-corrected chi connectivity index (χ0v) is 24.3. The first-order chi connectivity index (χ1) is 20.2. The van der Waals surface area contributed by atoms with Crippen LogP contribution in [0.15, 0.2) is 115 Å². The second kappa shape index (κ2) is 9.73. The van der Waals surface area contributed by atoms with Crippen molar-refractivity contribution in [2.75, 3.05) is 0 Å². The first-order valence-electron chi connectivity index (χ1n) is 14.5. The van der Waals surface area contributed by atoms with Gasteiger partial charge in [-0.15, -0.1) is 0 Å². The summed E-state index contributed by atoms with van der Waals surface area (Å²) in [6.45, 7) is 3.87. The average Bonchev–Trinajstić information content (AvgIpc) is 3.56. The highest BCUT2D eigenvalue weighted by Gasteiger charge is 2.48. The fourth-order valence-electron chi connectivity index (χ4n) is 6.31. The third kappa shape index (κ3) is 4.23. The number of hydrogen-bond acceptors (Lipinski definition) is 1. The average molecular weight is 553 g/mol. The monoisotopic (exact) mass is 553 g/mol. The Morgan fingerprint density at radius 2 is 1.07 bits per heavy atom. The maximum absolute atomic E-state index is 17.4. The second-order valence-corrected chi connectivity index (χ2v) is 11.8. The summed E-state index contributed by atoms with van der Waals surface area (Å²) in [6.07, 6.45) is 3.99. The highest BCUT2D eigenvalue weighted by molar-refractivity contribution is 6.64. The van der Waals surface area contributed by atoms with Gasteiger partial charge in [0.15, 0.2) is 0 Å². The van der Waals surface area contributed by atoms with Gasteiger partial charge < -0.3 is 17.9 Å². The first kappa shape index (κ1) is 26.3. The Morgan fingerprint density at radius 1 is 0.595 bits per heavy atom. The Kier molecular flexibility index (Phi) is 6.09. The van der Waals surface area contributed by atoms with E-state index in [1.165, 1.54) is 9.29 Å². The molecule has 1 atom stereocenters. The Morgan fingerprint density at radius 3 is 1.62 bits per heavy atom. The van der Waals surface area contributed by atoms with E-state index in [1.54, 1.807) is 0 Å². The second-order valence-electron chi connectivity index (χ2n) is 11.8. The molecule has 7 rings (SSSR count). The third-order valence-electron chi connectivity index (χ3n) is 8.66. The normalized spacial score (nSPS) is 17.0. The SMILES string of the molecule is Cc1ccc(C2=CC(c3ccc(C)cc3)N3C2=Cc2c(-c4ccc(C)cc4)cc(-c4ccc(C)cc4)n2[B-]3(F)F)cc1. The van der Waals surface area contributed by atoms with Gasteiger partial charge in [-0.1, -0.05) is 125 Å². The van der Waals surface area contributed by atoms with Crippen molar-refractivity contribution < 1.29 is 8.63 Å². The predicted molar refractivity (Wildman–Crippen MR) is 171 cm³/mol. The van der Waals surface area contributed by atoms with Crippen LogP contribution in [0, 0.1) is 27.7 Å². The van der Waals surface area contributed by atoms with E-state index in [2.05, 4.69) is 0 Å². The van der Waals surface area contributed by atoms with Crippen LogP contribution in [0.2, 0.25) is 0 Å². The van der Waals surface area contributed by atoms with Crippen molar-refractivity contribution in [1.82, 2.24) is 9.29 Å². The molecule has 0 radical (unpaired) electrons. The van der Waals surface area contributed by atoms with E-state index >= 15 is 8.63 Å². The van der Waals surface area contributed by atoms with Gasteiger partial charge in [0.1, 0.15) is 0 Å². The molecular weight excluding hydrogens is 521 g/mol. The highest BCUT2D eigenvalue weighted by Crippen LogP contribution is 2.52. The molecule has 0 spiro atoms. The van der Waals surface area contributed by atoms with Crippen LogP contribution in [0.4, 0.5) is 8.63 Å².